The number of halogens is 2. The van der Waals surface area contributed by atoms with Gasteiger partial charge in [0.05, 0.1) is 6.10 Å². The van der Waals surface area contributed by atoms with E-state index in [1.54, 1.807) is 0 Å². The Morgan fingerprint density at radius 1 is 1.35 bits per heavy atom. The molecule has 0 aromatic heterocycles. The van der Waals surface area contributed by atoms with Gasteiger partial charge in [-0.25, -0.2) is 0 Å². The van der Waals surface area contributed by atoms with Crippen LogP contribution in [0, 0.1) is 0 Å². The number of aliphatic hydroxyl groups excluding tert-OH is 1. The number of benzene rings is 1. The van der Waals surface area contributed by atoms with Crippen LogP contribution in [0.5, 0.6) is 0 Å². The summed E-state index contributed by atoms with van der Waals surface area (Å²) >= 11 is 9.53. The Morgan fingerprint density at radius 2 is 2.00 bits per heavy atom. The minimum Gasteiger partial charge on any atom is -0.388 e. The molecule has 1 aromatic carbocycles. The van der Waals surface area contributed by atoms with Crippen LogP contribution in [-0.2, 0) is 0 Å². The molecule has 17 heavy (non-hydrogen) atoms. The van der Waals surface area contributed by atoms with Crippen LogP contribution in [0.1, 0.15) is 31.9 Å². The molecule has 0 aliphatic rings. The first-order valence-electron chi connectivity index (χ1n) is 5.94. The lowest BCUT2D eigenvalue weighted by atomic mass is 10.1. The zero-order valence-electron chi connectivity index (χ0n) is 10.3. The van der Waals surface area contributed by atoms with Crippen LogP contribution in [0.15, 0.2) is 22.7 Å². The summed E-state index contributed by atoms with van der Waals surface area (Å²) in [5.41, 5.74) is 0.793. The molecular weight excluding hydrogens is 302 g/mol. The summed E-state index contributed by atoms with van der Waals surface area (Å²) in [4.78, 5) is 2.29. The van der Waals surface area contributed by atoms with Crippen molar-refractivity contribution in [3.63, 3.8) is 0 Å². The van der Waals surface area contributed by atoms with Crippen LogP contribution in [0.3, 0.4) is 0 Å². The molecule has 0 heterocycles. The van der Waals surface area contributed by atoms with Crippen molar-refractivity contribution in [1.29, 1.82) is 0 Å². The first-order valence-corrected chi connectivity index (χ1v) is 7.11. The first kappa shape index (κ1) is 15.0. The Hall–Kier alpha value is -0.0900. The van der Waals surface area contributed by atoms with E-state index in [2.05, 4.69) is 34.7 Å². The fourth-order valence-corrected chi connectivity index (χ4v) is 2.86. The van der Waals surface area contributed by atoms with Crippen molar-refractivity contribution in [2.45, 2.75) is 26.4 Å². The highest BCUT2D eigenvalue weighted by molar-refractivity contribution is 9.10. The third-order valence-corrected chi connectivity index (χ3v) is 3.97. The van der Waals surface area contributed by atoms with Gasteiger partial charge in [0, 0.05) is 21.6 Å². The Kier molecular flexibility index (Phi) is 6.49. The van der Waals surface area contributed by atoms with Gasteiger partial charge < -0.3 is 10.0 Å². The summed E-state index contributed by atoms with van der Waals surface area (Å²) in [6.45, 7) is 7.15. The van der Waals surface area contributed by atoms with Gasteiger partial charge >= 0.3 is 0 Å². The molecule has 1 aromatic rings. The summed E-state index contributed by atoms with van der Waals surface area (Å²) in [5.74, 6) is 0. The number of hydrogen-bond donors (Lipinski definition) is 1. The summed E-state index contributed by atoms with van der Waals surface area (Å²) in [5, 5.41) is 10.8. The third-order valence-electron chi connectivity index (χ3n) is 2.95. The van der Waals surface area contributed by atoms with Gasteiger partial charge in [-0.15, -0.1) is 0 Å². The van der Waals surface area contributed by atoms with E-state index < -0.39 is 6.10 Å². The maximum Gasteiger partial charge on any atom is 0.0827 e. The molecule has 0 saturated heterocycles. The van der Waals surface area contributed by atoms with E-state index in [4.69, 9.17) is 11.6 Å². The zero-order valence-corrected chi connectivity index (χ0v) is 12.6. The molecule has 96 valence electrons. The van der Waals surface area contributed by atoms with E-state index in [0.29, 0.717) is 11.4 Å². The van der Waals surface area contributed by atoms with Crippen LogP contribution in [0.25, 0.3) is 0 Å². The van der Waals surface area contributed by atoms with Crippen LogP contribution in [0.4, 0.5) is 0 Å². The standard InChI is InChI=1S/C13H19BrClNO/c1-3-16(4-2)9-8-12(17)13-10(14)6-5-7-11(13)15/h5-7,12,17H,3-4,8-9H2,1-2H3. The highest BCUT2D eigenvalue weighted by atomic mass is 79.9. The third kappa shape index (κ3) is 4.25. The Morgan fingerprint density at radius 3 is 2.53 bits per heavy atom. The molecule has 4 heteroatoms. The molecule has 1 unspecified atom stereocenters. The van der Waals surface area contributed by atoms with Crippen molar-refractivity contribution in [3.05, 3.63) is 33.3 Å². The van der Waals surface area contributed by atoms with Gasteiger partial charge in [0.2, 0.25) is 0 Å². The fourth-order valence-electron chi connectivity index (χ4n) is 1.82. The van der Waals surface area contributed by atoms with Crippen molar-refractivity contribution >= 4 is 27.5 Å². The molecule has 1 atom stereocenters. The number of rotatable bonds is 6. The average molecular weight is 321 g/mol. The molecule has 0 amide bonds. The summed E-state index contributed by atoms with van der Waals surface area (Å²) in [6.07, 6.45) is 0.183. The molecule has 0 bridgehead atoms. The van der Waals surface area contributed by atoms with Gasteiger partial charge in [-0.05, 0) is 31.6 Å². The molecule has 0 radical (unpaired) electrons. The molecule has 0 fully saturated rings. The van der Waals surface area contributed by atoms with Gasteiger partial charge in [-0.1, -0.05) is 47.4 Å². The highest BCUT2D eigenvalue weighted by Crippen LogP contribution is 2.32. The summed E-state index contributed by atoms with van der Waals surface area (Å²) in [6, 6.07) is 5.58. The van der Waals surface area contributed by atoms with E-state index in [0.717, 1.165) is 29.7 Å². The second kappa shape index (κ2) is 7.37. The minimum absolute atomic E-state index is 0.515. The Balaban J connectivity index is 2.66. The van der Waals surface area contributed by atoms with Gasteiger partial charge in [-0.2, -0.15) is 0 Å². The van der Waals surface area contributed by atoms with Crippen LogP contribution < -0.4 is 0 Å². The van der Waals surface area contributed by atoms with Crippen molar-refractivity contribution in [3.8, 4) is 0 Å². The van der Waals surface area contributed by atoms with Crippen LogP contribution >= 0.6 is 27.5 Å². The van der Waals surface area contributed by atoms with Crippen molar-refractivity contribution in [2.24, 2.45) is 0 Å². The quantitative estimate of drug-likeness (QED) is 0.860. The average Bonchev–Trinajstić information content (AvgIpc) is 2.30. The van der Waals surface area contributed by atoms with Crippen LogP contribution in [-0.4, -0.2) is 29.6 Å². The molecule has 2 nitrogen and oxygen atoms in total. The lowest BCUT2D eigenvalue weighted by Crippen LogP contribution is -2.25. The lowest BCUT2D eigenvalue weighted by molar-refractivity contribution is 0.145. The topological polar surface area (TPSA) is 23.5 Å². The van der Waals surface area contributed by atoms with E-state index in [9.17, 15) is 5.11 Å². The first-order chi connectivity index (χ1) is 8.10. The summed E-state index contributed by atoms with van der Waals surface area (Å²) in [7, 11) is 0. The number of hydrogen-bond acceptors (Lipinski definition) is 2. The molecule has 0 spiro atoms. The monoisotopic (exact) mass is 319 g/mol. The molecular formula is C13H19BrClNO. The molecule has 0 saturated carbocycles. The maximum atomic E-state index is 10.2. The van der Waals surface area contributed by atoms with E-state index >= 15 is 0 Å². The van der Waals surface area contributed by atoms with Crippen LogP contribution in [0.2, 0.25) is 5.02 Å². The van der Waals surface area contributed by atoms with E-state index in [1.807, 2.05) is 18.2 Å². The van der Waals surface area contributed by atoms with E-state index in [1.165, 1.54) is 0 Å². The van der Waals surface area contributed by atoms with Crippen molar-refractivity contribution in [2.75, 3.05) is 19.6 Å². The highest BCUT2D eigenvalue weighted by Gasteiger charge is 2.15. The lowest BCUT2D eigenvalue weighted by Gasteiger charge is -2.21. The predicted molar refractivity (Wildman–Crippen MR) is 76.5 cm³/mol. The van der Waals surface area contributed by atoms with Crippen molar-refractivity contribution < 1.29 is 5.11 Å². The Bertz CT molecular complexity index is 335. The predicted octanol–water partition coefficient (Wildman–Crippen LogP) is 3.87. The second-order valence-corrected chi connectivity index (χ2v) is 5.23. The molecule has 1 N–H and O–H groups in total. The zero-order chi connectivity index (χ0) is 12.8. The number of aliphatic hydroxyl groups is 1. The number of nitrogens with zero attached hydrogens (tertiary/aromatic N) is 1. The van der Waals surface area contributed by atoms with Gasteiger partial charge in [-0.3, -0.25) is 0 Å². The van der Waals surface area contributed by atoms with E-state index in [-0.39, 0.29) is 0 Å². The SMILES string of the molecule is CCN(CC)CCC(O)c1c(Cl)cccc1Br. The maximum absolute atomic E-state index is 10.2. The molecule has 0 aliphatic heterocycles. The summed E-state index contributed by atoms with van der Waals surface area (Å²) < 4.78 is 0.872. The van der Waals surface area contributed by atoms with Gasteiger partial charge in [0.15, 0.2) is 0 Å². The van der Waals surface area contributed by atoms with Gasteiger partial charge in [0.1, 0.15) is 0 Å². The largest absolute Gasteiger partial charge is 0.388 e. The fraction of sp³-hybridized carbons (Fsp3) is 0.538. The smallest absolute Gasteiger partial charge is 0.0827 e. The normalized spacial score (nSPS) is 13.1. The van der Waals surface area contributed by atoms with Crippen molar-refractivity contribution in [1.82, 2.24) is 4.90 Å². The second-order valence-electron chi connectivity index (χ2n) is 3.97. The van der Waals surface area contributed by atoms with Gasteiger partial charge in [0.25, 0.3) is 0 Å². The minimum atomic E-state index is -0.515. The molecule has 0 aliphatic carbocycles. The Labute approximate surface area is 117 Å². The molecule has 1 rings (SSSR count).